The monoisotopic (exact) mass is 324 g/mol. The van der Waals surface area contributed by atoms with Crippen LogP contribution >= 0.6 is 15.9 Å². The molecule has 0 unspecified atom stereocenters. The maximum absolute atomic E-state index is 13.0. The van der Waals surface area contributed by atoms with Crippen molar-refractivity contribution in [2.75, 3.05) is 5.73 Å². The van der Waals surface area contributed by atoms with Crippen LogP contribution in [0.3, 0.4) is 0 Å². The molecule has 0 aliphatic rings. The molecule has 0 saturated heterocycles. The Hall–Kier alpha value is -1.95. The molecule has 4 nitrogen and oxygen atoms in total. The molecule has 6 heteroatoms. The lowest BCUT2D eigenvalue weighted by Gasteiger charge is -2.06. The Balaban J connectivity index is 2.03. The zero-order valence-corrected chi connectivity index (χ0v) is 11.4. The van der Waals surface area contributed by atoms with Gasteiger partial charge < -0.3 is 10.5 Å². The summed E-state index contributed by atoms with van der Waals surface area (Å²) < 4.78 is 18.9. The molecule has 19 heavy (non-hydrogen) atoms. The van der Waals surface area contributed by atoms with Crippen LogP contribution in [0.4, 0.5) is 10.1 Å². The fourth-order valence-electron chi connectivity index (χ4n) is 1.44. The highest BCUT2D eigenvalue weighted by atomic mass is 79.9. The summed E-state index contributed by atoms with van der Waals surface area (Å²) in [6, 6.07) is 5.50. The van der Waals surface area contributed by atoms with Crippen molar-refractivity contribution >= 4 is 27.6 Å². The fraction of sp³-hybridized carbons (Fsp3) is 0.0769. The third kappa shape index (κ3) is 3.51. The van der Waals surface area contributed by atoms with Crippen molar-refractivity contribution in [1.29, 1.82) is 0 Å². The maximum Gasteiger partial charge on any atom is 0.338 e. The molecule has 0 aliphatic heterocycles. The second kappa shape index (κ2) is 5.79. The number of aromatic nitrogens is 1. The fourth-order valence-corrected chi connectivity index (χ4v) is 1.85. The number of hydrogen-bond acceptors (Lipinski definition) is 4. The first-order valence-corrected chi connectivity index (χ1v) is 6.17. The number of benzene rings is 1. The predicted octanol–water partition coefficient (Wildman–Crippen LogP) is 2.92. The van der Waals surface area contributed by atoms with Crippen LogP contribution in [-0.4, -0.2) is 11.0 Å². The number of anilines is 1. The van der Waals surface area contributed by atoms with Gasteiger partial charge in [0.2, 0.25) is 0 Å². The molecule has 2 aromatic rings. The van der Waals surface area contributed by atoms with Crippen LogP contribution in [0.2, 0.25) is 0 Å². The first-order valence-electron chi connectivity index (χ1n) is 5.38. The van der Waals surface area contributed by atoms with E-state index in [0.29, 0.717) is 0 Å². The number of halogens is 2. The van der Waals surface area contributed by atoms with Crippen molar-refractivity contribution in [3.8, 4) is 0 Å². The molecule has 1 aromatic carbocycles. The van der Waals surface area contributed by atoms with E-state index in [1.807, 2.05) is 0 Å². The number of carbonyl (C=O) groups excluding carboxylic acids is 1. The highest BCUT2D eigenvalue weighted by molar-refractivity contribution is 9.10. The smallest absolute Gasteiger partial charge is 0.338 e. The van der Waals surface area contributed by atoms with E-state index in [1.165, 1.54) is 12.1 Å². The molecule has 0 spiro atoms. The number of rotatable bonds is 3. The highest BCUT2D eigenvalue weighted by Gasteiger charge is 2.10. The van der Waals surface area contributed by atoms with Gasteiger partial charge >= 0.3 is 5.97 Å². The quantitative estimate of drug-likeness (QED) is 0.696. The van der Waals surface area contributed by atoms with E-state index in [0.717, 1.165) is 16.1 Å². The van der Waals surface area contributed by atoms with E-state index >= 15 is 0 Å². The molecular weight excluding hydrogens is 315 g/mol. The van der Waals surface area contributed by atoms with E-state index < -0.39 is 11.8 Å². The minimum atomic E-state index is -0.563. The van der Waals surface area contributed by atoms with E-state index in [2.05, 4.69) is 20.9 Å². The summed E-state index contributed by atoms with van der Waals surface area (Å²) in [4.78, 5) is 15.7. The third-order valence-corrected chi connectivity index (χ3v) is 2.80. The summed E-state index contributed by atoms with van der Waals surface area (Å²) in [5.41, 5.74) is 6.26. The number of nitrogens with zero attached hydrogens (tertiary/aromatic N) is 1. The van der Waals surface area contributed by atoms with Gasteiger partial charge in [-0.3, -0.25) is 4.98 Å². The molecular formula is C13H10BrFN2O2. The largest absolute Gasteiger partial charge is 0.457 e. The van der Waals surface area contributed by atoms with Gasteiger partial charge in [0, 0.05) is 22.4 Å². The lowest BCUT2D eigenvalue weighted by Crippen LogP contribution is -2.06. The Labute approximate surface area is 117 Å². The van der Waals surface area contributed by atoms with Gasteiger partial charge in [-0.15, -0.1) is 0 Å². The Morgan fingerprint density at radius 2 is 2.16 bits per heavy atom. The van der Waals surface area contributed by atoms with Crippen LogP contribution < -0.4 is 5.73 Å². The Bertz CT molecular complexity index is 619. The van der Waals surface area contributed by atoms with Gasteiger partial charge in [0.15, 0.2) is 0 Å². The lowest BCUT2D eigenvalue weighted by molar-refractivity contribution is 0.0472. The lowest BCUT2D eigenvalue weighted by atomic mass is 10.2. The summed E-state index contributed by atoms with van der Waals surface area (Å²) in [5.74, 6) is -1.13. The summed E-state index contributed by atoms with van der Waals surface area (Å²) in [7, 11) is 0. The Morgan fingerprint density at radius 1 is 1.37 bits per heavy atom. The molecule has 0 amide bonds. The third-order valence-electron chi connectivity index (χ3n) is 2.36. The highest BCUT2D eigenvalue weighted by Crippen LogP contribution is 2.15. The van der Waals surface area contributed by atoms with E-state index in [4.69, 9.17) is 10.5 Å². The molecule has 98 valence electrons. The number of carbonyl (C=O) groups is 1. The Kier molecular flexibility index (Phi) is 4.11. The van der Waals surface area contributed by atoms with E-state index in [9.17, 15) is 9.18 Å². The number of pyridine rings is 1. The van der Waals surface area contributed by atoms with Crippen molar-refractivity contribution in [2.24, 2.45) is 0 Å². The van der Waals surface area contributed by atoms with Crippen molar-refractivity contribution < 1.29 is 13.9 Å². The second-order valence-electron chi connectivity index (χ2n) is 3.82. The first-order chi connectivity index (χ1) is 9.06. The topological polar surface area (TPSA) is 65.2 Å². The number of esters is 1. The number of ether oxygens (including phenoxy) is 1. The van der Waals surface area contributed by atoms with Crippen LogP contribution in [0.1, 0.15) is 15.9 Å². The van der Waals surface area contributed by atoms with Gasteiger partial charge in [-0.2, -0.15) is 0 Å². The zero-order chi connectivity index (χ0) is 13.8. The van der Waals surface area contributed by atoms with Crippen molar-refractivity contribution in [3.05, 3.63) is 58.1 Å². The zero-order valence-electron chi connectivity index (χ0n) is 9.77. The van der Waals surface area contributed by atoms with Gasteiger partial charge in [-0.1, -0.05) is 0 Å². The molecule has 0 atom stereocenters. The van der Waals surface area contributed by atoms with Crippen molar-refractivity contribution in [1.82, 2.24) is 4.98 Å². The van der Waals surface area contributed by atoms with Gasteiger partial charge in [0.1, 0.15) is 12.4 Å². The molecule has 0 aliphatic carbocycles. The summed E-state index contributed by atoms with van der Waals surface area (Å²) in [5, 5.41) is 0. The van der Waals surface area contributed by atoms with Gasteiger partial charge in [0.05, 0.1) is 11.3 Å². The van der Waals surface area contributed by atoms with Gasteiger partial charge in [0.25, 0.3) is 0 Å². The van der Waals surface area contributed by atoms with Crippen molar-refractivity contribution in [2.45, 2.75) is 6.61 Å². The number of nitrogens with two attached hydrogens (primary N) is 1. The average molecular weight is 325 g/mol. The first kappa shape index (κ1) is 13.5. The predicted molar refractivity (Wildman–Crippen MR) is 71.9 cm³/mol. The average Bonchev–Trinajstić information content (AvgIpc) is 2.39. The standard InChI is InChI=1S/C13H10BrFN2O2/c14-10-3-8(5-17-6-10)7-19-13(18)9-1-2-11(15)12(16)4-9/h1-6H,7,16H2. The normalized spacial score (nSPS) is 10.2. The summed E-state index contributed by atoms with van der Waals surface area (Å²) in [6.07, 6.45) is 3.23. The summed E-state index contributed by atoms with van der Waals surface area (Å²) in [6.45, 7) is 0.0859. The maximum atomic E-state index is 13.0. The van der Waals surface area contributed by atoms with Crippen LogP contribution in [0.25, 0.3) is 0 Å². The SMILES string of the molecule is Nc1cc(C(=O)OCc2cncc(Br)c2)ccc1F. The Morgan fingerprint density at radius 3 is 2.84 bits per heavy atom. The molecule has 1 heterocycles. The second-order valence-corrected chi connectivity index (χ2v) is 4.74. The van der Waals surface area contributed by atoms with Crippen LogP contribution in [-0.2, 0) is 11.3 Å². The minimum Gasteiger partial charge on any atom is -0.457 e. The molecule has 2 rings (SSSR count). The molecule has 1 aromatic heterocycles. The van der Waals surface area contributed by atoms with Crippen molar-refractivity contribution in [3.63, 3.8) is 0 Å². The molecule has 0 fully saturated rings. The molecule has 0 radical (unpaired) electrons. The van der Waals surface area contributed by atoms with Crippen LogP contribution in [0.5, 0.6) is 0 Å². The van der Waals surface area contributed by atoms with Crippen LogP contribution in [0.15, 0.2) is 41.1 Å². The van der Waals surface area contributed by atoms with Gasteiger partial charge in [-0.25, -0.2) is 9.18 Å². The van der Waals surface area contributed by atoms with E-state index in [1.54, 1.807) is 18.5 Å². The number of nitrogen functional groups attached to an aromatic ring is 1. The molecule has 0 saturated carbocycles. The summed E-state index contributed by atoms with van der Waals surface area (Å²) >= 11 is 3.27. The van der Waals surface area contributed by atoms with Crippen LogP contribution in [0, 0.1) is 5.82 Å². The number of hydrogen-bond donors (Lipinski definition) is 1. The van der Waals surface area contributed by atoms with E-state index in [-0.39, 0.29) is 17.9 Å². The molecule has 0 bridgehead atoms. The molecule has 2 N–H and O–H groups in total. The van der Waals surface area contributed by atoms with Gasteiger partial charge in [-0.05, 0) is 40.2 Å². The minimum absolute atomic E-state index is 0.0847.